The van der Waals surface area contributed by atoms with Gasteiger partial charge in [-0.25, -0.2) is 0 Å². The van der Waals surface area contributed by atoms with E-state index in [4.69, 9.17) is 9.15 Å². The fraction of sp³-hybridized carbons (Fsp3) is 0.158. The Kier molecular flexibility index (Phi) is 4.61. The van der Waals surface area contributed by atoms with Crippen LogP contribution in [0.25, 0.3) is 11.0 Å². The van der Waals surface area contributed by atoms with Crippen LogP contribution in [-0.2, 0) is 0 Å². The van der Waals surface area contributed by atoms with Crippen molar-refractivity contribution in [1.29, 1.82) is 0 Å². The van der Waals surface area contributed by atoms with E-state index < -0.39 is 5.91 Å². The highest BCUT2D eigenvalue weighted by atomic mass is 16.5. The van der Waals surface area contributed by atoms with Crippen LogP contribution in [0.15, 0.2) is 63.8 Å². The first-order valence-corrected chi connectivity index (χ1v) is 7.75. The van der Waals surface area contributed by atoms with E-state index in [0.29, 0.717) is 29.0 Å². The summed E-state index contributed by atoms with van der Waals surface area (Å²) in [6, 6.07) is 15.2. The molecule has 2 aromatic carbocycles. The highest BCUT2D eigenvalue weighted by Crippen LogP contribution is 2.24. The Morgan fingerprint density at radius 3 is 2.71 bits per heavy atom. The molecule has 1 aromatic heterocycles. The van der Waals surface area contributed by atoms with Crippen molar-refractivity contribution in [2.45, 2.75) is 13.3 Å². The Balaban J connectivity index is 1.89. The van der Waals surface area contributed by atoms with E-state index in [1.165, 1.54) is 6.07 Å². The monoisotopic (exact) mass is 323 g/mol. The molecule has 0 aliphatic carbocycles. The number of carbonyl (C=O) groups excluding carboxylic acids is 1. The molecule has 0 fully saturated rings. The first-order valence-electron chi connectivity index (χ1n) is 7.75. The van der Waals surface area contributed by atoms with Crippen molar-refractivity contribution < 1.29 is 13.9 Å². The van der Waals surface area contributed by atoms with Gasteiger partial charge < -0.3 is 14.5 Å². The summed E-state index contributed by atoms with van der Waals surface area (Å²) in [5.41, 5.74) is 0.662. The van der Waals surface area contributed by atoms with Crippen LogP contribution in [0.2, 0.25) is 0 Å². The number of para-hydroxylation sites is 3. The minimum atomic E-state index is -0.495. The van der Waals surface area contributed by atoms with Gasteiger partial charge in [-0.15, -0.1) is 0 Å². The molecule has 5 nitrogen and oxygen atoms in total. The maximum absolute atomic E-state index is 12.4. The second-order valence-electron chi connectivity index (χ2n) is 5.27. The van der Waals surface area contributed by atoms with E-state index in [2.05, 4.69) is 5.32 Å². The van der Waals surface area contributed by atoms with Crippen LogP contribution in [0.3, 0.4) is 0 Å². The van der Waals surface area contributed by atoms with E-state index in [0.717, 1.165) is 6.42 Å². The van der Waals surface area contributed by atoms with Crippen LogP contribution < -0.4 is 15.5 Å². The van der Waals surface area contributed by atoms with E-state index >= 15 is 0 Å². The lowest BCUT2D eigenvalue weighted by molar-refractivity contribution is 0.0996. The van der Waals surface area contributed by atoms with Crippen molar-refractivity contribution in [3.8, 4) is 5.75 Å². The number of nitrogens with one attached hydrogen (secondary N) is 1. The molecule has 1 amide bonds. The van der Waals surface area contributed by atoms with E-state index in [1.807, 2.05) is 13.0 Å². The minimum absolute atomic E-state index is 0.0380. The van der Waals surface area contributed by atoms with Crippen molar-refractivity contribution in [2.24, 2.45) is 0 Å². The van der Waals surface area contributed by atoms with E-state index in [-0.39, 0.29) is 11.2 Å². The largest absolute Gasteiger partial charge is 0.491 e. The van der Waals surface area contributed by atoms with Crippen molar-refractivity contribution in [1.82, 2.24) is 0 Å². The third-order valence-electron chi connectivity index (χ3n) is 3.46. The predicted molar refractivity (Wildman–Crippen MR) is 92.7 cm³/mol. The zero-order chi connectivity index (χ0) is 16.9. The molecule has 0 aliphatic rings. The first-order chi connectivity index (χ1) is 11.7. The summed E-state index contributed by atoms with van der Waals surface area (Å²) >= 11 is 0. The molecule has 1 heterocycles. The number of carbonyl (C=O) groups is 1. The van der Waals surface area contributed by atoms with Crippen LogP contribution in [0.1, 0.15) is 23.9 Å². The topological polar surface area (TPSA) is 68.5 Å². The molecule has 5 heteroatoms. The maximum atomic E-state index is 12.4. The summed E-state index contributed by atoms with van der Waals surface area (Å²) < 4.78 is 11.2. The number of ether oxygens (including phenoxy) is 1. The molecular formula is C19H17NO4. The van der Waals surface area contributed by atoms with E-state index in [9.17, 15) is 9.59 Å². The van der Waals surface area contributed by atoms with Crippen molar-refractivity contribution in [2.75, 3.05) is 11.9 Å². The zero-order valence-electron chi connectivity index (χ0n) is 13.2. The van der Waals surface area contributed by atoms with Gasteiger partial charge in [0.15, 0.2) is 11.2 Å². The highest BCUT2D eigenvalue weighted by Gasteiger charge is 2.14. The van der Waals surface area contributed by atoms with Crippen LogP contribution in [-0.4, -0.2) is 12.5 Å². The molecule has 0 atom stereocenters. The molecule has 24 heavy (non-hydrogen) atoms. The fourth-order valence-electron chi connectivity index (χ4n) is 2.31. The molecule has 0 spiro atoms. The SMILES string of the molecule is CCCOc1ccccc1NC(=O)c1cc(=O)c2ccccc2o1. The number of rotatable bonds is 5. The maximum Gasteiger partial charge on any atom is 0.291 e. The number of hydrogen-bond donors (Lipinski definition) is 1. The van der Waals surface area contributed by atoms with Crippen LogP contribution in [0.4, 0.5) is 5.69 Å². The molecular weight excluding hydrogens is 306 g/mol. The van der Waals surface area contributed by atoms with Crippen LogP contribution in [0, 0.1) is 0 Å². The number of anilines is 1. The fourth-order valence-corrected chi connectivity index (χ4v) is 2.31. The van der Waals surface area contributed by atoms with Gasteiger partial charge in [0.2, 0.25) is 0 Å². The second kappa shape index (κ2) is 7.00. The molecule has 3 rings (SSSR count). The molecule has 0 aliphatic heterocycles. The van der Waals surface area contributed by atoms with Gasteiger partial charge in [0.05, 0.1) is 17.7 Å². The van der Waals surface area contributed by atoms with Gasteiger partial charge in [0.25, 0.3) is 5.91 Å². The number of fused-ring (bicyclic) bond motifs is 1. The Morgan fingerprint density at radius 1 is 1.12 bits per heavy atom. The summed E-state index contributed by atoms with van der Waals surface area (Å²) in [4.78, 5) is 24.5. The summed E-state index contributed by atoms with van der Waals surface area (Å²) in [6.45, 7) is 2.56. The van der Waals surface area contributed by atoms with Crippen LogP contribution >= 0.6 is 0 Å². The molecule has 1 N–H and O–H groups in total. The molecule has 0 bridgehead atoms. The molecule has 0 unspecified atom stereocenters. The predicted octanol–water partition coefficient (Wildman–Crippen LogP) is 3.83. The number of amides is 1. The molecule has 122 valence electrons. The van der Waals surface area contributed by atoms with Gasteiger partial charge in [-0.05, 0) is 30.7 Å². The lowest BCUT2D eigenvalue weighted by Gasteiger charge is -2.11. The average Bonchev–Trinajstić information content (AvgIpc) is 2.61. The Hall–Kier alpha value is -3.08. The van der Waals surface area contributed by atoms with Crippen molar-refractivity contribution in [3.05, 3.63) is 70.6 Å². The second-order valence-corrected chi connectivity index (χ2v) is 5.27. The van der Waals surface area contributed by atoms with Gasteiger partial charge in [-0.2, -0.15) is 0 Å². The number of benzene rings is 2. The lowest BCUT2D eigenvalue weighted by atomic mass is 10.2. The summed E-state index contributed by atoms with van der Waals surface area (Å²) in [5.74, 6) is 0.0465. The minimum Gasteiger partial charge on any atom is -0.491 e. The summed E-state index contributed by atoms with van der Waals surface area (Å²) in [5, 5.41) is 3.18. The smallest absolute Gasteiger partial charge is 0.291 e. The quantitative estimate of drug-likeness (QED) is 0.774. The number of hydrogen-bond acceptors (Lipinski definition) is 4. The standard InChI is InChI=1S/C19H17NO4/c1-2-11-23-17-10-6-4-8-14(17)20-19(22)18-12-15(21)13-7-3-5-9-16(13)24-18/h3-10,12H,2,11H2,1H3,(H,20,22). The third kappa shape index (κ3) is 3.30. The molecule has 0 saturated heterocycles. The normalized spacial score (nSPS) is 10.5. The van der Waals surface area contributed by atoms with Crippen LogP contribution in [0.5, 0.6) is 5.75 Å². The molecule has 0 radical (unpaired) electrons. The van der Waals surface area contributed by atoms with Gasteiger partial charge in [-0.3, -0.25) is 9.59 Å². The van der Waals surface area contributed by atoms with E-state index in [1.54, 1.807) is 42.5 Å². The highest BCUT2D eigenvalue weighted by molar-refractivity contribution is 6.03. The Bertz CT molecular complexity index is 930. The van der Waals surface area contributed by atoms with Crippen molar-refractivity contribution >= 4 is 22.6 Å². The third-order valence-corrected chi connectivity index (χ3v) is 3.46. The molecule has 0 saturated carbocycles. The van der Waals surface area contributed by atoms with Gasteiger partial charge in [0, 0.05) is 6.07 Å². The summed E-state index contributed by atoms with van der Waals surface area (Å²) in [7, 11) is 0. The lowest BCUT2D eigenvalue weighted by Crippen LogP contribution is -2.15. The average molecular weight is 323 g/mol. The first kappa shape index (κ1) is 15.8. The summed E-state index contributed by atoms with van der Waals surface area (Å²) in [6.07, 6.45) is 0.863. The van der Waals surface area contributed by atoms with Gasteiger partial charge in [-0.1, -0.05) is 31.2 Å². The van der Waals surface area contributed by atoms with Gasteiger partial charge >= 0.3 is 0 Å². The Labute approximate surface area is 138 Å². The van der Waals surface area contributed by atoms with Gasteiger partial charge in [0.1, 0.15) is 11.3 Å². The van der Waals surface area contributed by atoms with Crippen molar-refractivity contribution in [3.63, 3.8) is 0 Å². The zero-order valence-corrected chi connectivity index (χ0v) is 13.2. The molecule has 3 aromatic rings. The Morgan fingerprint density at radius 2 is 1.88 bits per heavy atom.